The Morgan fingerprint density at radius 3 is 2.37 bits per heavy atom. The molecule has 2 nitrogen and oxygen atoms in total. The zero-order valence-electron chi connectivity index (χ0n) is 10.2. The molecule has 0 amide bonds. The van der Waals surface area contributed by atoms with Crippen molar-refractivity contribution in [3.63, 3.8) is 0 Å². The number of alkyl halides is 3. The van der Waals surface area contributed by atoms with Crippen LogP contribution in [0.4, 0.5) is 18.9 Å². The van der Waals surface area contributed by atoms with Crippen molar-refractivity contribution in [2.75, 3.05) is 12.8 Å². The zero-order chi connectivity index (χ0) is 14.0. The Kier molecular flexibility index (Phi) is 3.38. The Morgan fingerprint density at radius 2 is 1.74 bits per heavy atom. The number of nitrogen functional groups attached to an aromatic ring is 1. The molecule has 5 heteroatoms. The molecule has 19 heavy (non-hydrogen) atoms. The summed E-state index contributed by atoms with van der Waals surface area (Å²) >= 11 is 0. The van der Waals surface area contributed by atoms with E-state index in [0.717, 1.165) is 6.07 Å². The first-order chi connectivity index (χ1) is 8.93. The van der Waals surface area contributed by atoms with Gasteiger partial charge in [-0.15, -0.1) is 0 Å². The van der Waals surface area contributed by atoms with Gasteiger partial charge in [-0.1, -0.05) is 18.2 Å². The second kappa shape index (κ2) is 4.84. The Bertz CT molecular complexity index is 593. The van der Waals surface area contributed by atoms with Crippen LogP contribution in [-0.4, -0.2) is 7.11 Å². The Hall–Kier alpha value is -2.17. The van der Waals surface area contributed by atoms with Crippen LogP contribution in [0.15, 0.2) is 42.5 Å². The molecule has 0 aliphatic carbocycles. The normalized spacial score (nSPS) is 11.4. The van der Waals surface area contributed by atoms with Crippen LogP contribution in [0.1, 0.15) is 5.56 Å². The smallest absolute Gasteiger partial charge is 0.417 e. The number of benzene rings is 2. The number of ether oxygens (including phenoxy) is 1. The summed E-state index contributed by atoms with van der Waals surface area (Å²) in [7, 11) is 1.46. The van der Waals surface area contributed by atoms with Crippen molar-refractivity contribution < 1.29 is 17.9 Å². The zero-order valence-corrected chi connectivity index (χ0v) is 10.2. The molecule has 100 valence electrons. The van der Waals surface area contributed by atoms with Gasteiger partial charge in [0, 0.05) is 11.3 Å². The number of halogens is 3. The van der Waals surface area contributed by atoms with Gasteiger partial charge in [0.15, 0.2) is 0 Å². The van der Waals surface area contributed by atoms with Crippen molar-refractivity contribution in [2.45, 2.75) is 6.18 Å². The van der Waals surface area contributed by atoms with Crippen molar-refractivity contribution >= 4 is 5.69 Å². The lowest BCUT2D eigenvalue weighted by Gasteiger charge is -2.15. The van der Waals surface area contributed by atoms with Gasteiger partial charge in [0.25, 0.3) is 0 Å². The monoisotopic (exact) mass is 267 g/mol. The Morgan fingerprint density at radius 1 is 1.05 bits per heavy atom. The summed E-state index contributed by atoms with van der Waals surface area (Å²) in [6.45, 7) is 0. The molecule has 0 aliphatic rings. The first-order valence-corrected chi connectivity index (χ1v) is 5.53. The van der Waals surface area contributed by atoms with Crippen LogP contribution in [0.25, 0.3) is 11.1 Å². The molecule has 0 saturated heterocycles. The molecule has 0 radical (unpaired) electrons. The van der Waals surface area contributed by atoms with E-state index in [2.05, 4.69) is 0 Å². The Balaban J connectivity index is 2.67. The standard InChI is InChI=1S/C14H12F3NO/c1-19-10-5-2-4-9(8-10)13-11(14(15,16)17)6-3-7-12(13)18/h2-8H,18H2,1H3. The van der Waals surface area contributed by atoms with Crippen LogP contribution in [0.2, 0.25) is 0 Å². The van der Waals surface area contributed by atoms with Crippen molar-refractivity contribution in [3.05, 3.63) is 48.0 Å². The van der Waals surface area contributed by atoms with Crippen molar-refractivity contribution in [2.24, 2.45) is 0 Å². The van der Waals surface area contributed by atoms with E-state index in [0.29, 0.717) is 11.3 Å². The van der Waals surface area contributed by atoms with Crippen LogP contribution < -0.4 is 10.5 Å². The lowest BCUT2D eigenvalue weighted by atomic mass is 9.97. The number of anilines is 1. The highest BCUT2D eigenvalue weighted by Gasteiger charge is 2.34. The fourth-order valence-electron chi connectivity index (χ4n) is 1.91. The first-order valence-electron chi connectivity index (χ1n) is 5.53. The summed E-state index contributed by atoms with van der Waals surface area (Å²) in [5.41, 5.74) is 5.40. The summed E-state index contributed by atoms with van der Waals surface area (Å²) in [6.07, 6.45) is -4.45. The summed E-state index contributed by atoms with van der Waals surface area (Å²) in [5, 5.41) is 0. The van der Waals surface area contributed by atoms with Gasteiger partial charge in [0.1, 0.15) is 5.75 Å². The second-order valence-electron chi connectivity index (χ2n) is 4.00. The number of rotatable bonds is 2. The van der Waals surface area contributed by atoms with E-state index in [1.165, 1.54) is 25.3 Å². The molecule has 0 atom stereocenters. The van der Waals surface area contributed by atoms with Gasteiger partial charge < -0.3 is 10.5 Å². The third-order valence-electron chi connectivity index (χ3n) is 2.76. The van der Waals surface area contributed by atoms with Crippen molar-refractivity contribution in [1.82, 2.24) is 0 Å². The number of hydrogen-bond acceptors (Lipinski definition) is 2. The minimum atomic E-state index is -4.45. The molecular formula is C14H12F3NO. The molecule has 0 bridgehead atoms. The average Bonchev–Trinajstić information content (AvgIpc) is 2.37. The quantitative estimate of drug-likeness (QED) is 0.836. The van der Waals surface area contributed by atoms with Crippen LogP contribution in [-0.2, 0) is 6.18 Å². The highest BCUT2D eigenvalue weighted by Crippen LogP contribution is 2.40. The number of nitrogens with two attached hydrogens (primary N) is 1. The van der Waals surface area contributed by atoms with Gasteiger partial charge in [0.2, 0.25) is 0 Å². The van der Waals surface area contributed by atoms with Gasteiger partial charge in [-0.25, -0.2) is 0 Å². The summed E-state index contributed by atoms with van der Waals surface area (Å²) < 4.78 is 44.0. The van der Waals surface area contributed by atoms with E-state index in [1.54, 1.807) is 18.2 Å². The highest BCUT2D eigenvalue weighted by atomic mass is 19.4. The van der Waals surface area contributed by atoms with Crippen LogP contribution in [0, 0.1) is 0 Å². The molecule has 2 aromatic carbocycles. The van der Waals surface area contributed by atoms with E-state index in [4.69, 9.17) is 10.5 Å². The topological polar surface area (TPSA) is 35.2 Å². The molecule has 2 rings (SSSR count). The number of methoxy groups -OCH3 is 1. The van der Waals surface area contributed by atoms with Crippen LogP contribution >= 0.6 is 0 Å². The van der Waals surface area contributed by atoms with Crippen LogP contribution in [0.3, 0.4) is 0 Å². The third-order valence-corrected chi connectivity index (χ3v) is 2.76. The van der Waals surface area contributed by atoms with Crippen molar-refractivity contribution in [1.29, 1.82) is 0 Å². The predicted octanol–water partition coefficient (Wildman–Crippen LogP) is 3.96. The molecule has 0 spiro atoms. The molecule has 0 saturated carbocycles. The van der Waals surface area contributed by atoms with Crippen LogP contribution in [0.5, 0.6) is 5.75 Å². The first kappa shape index (κ1) is 13.3. The number of hydrogen-bond donors (Lipinski definition) is 1. The maximum absolute atomic E-state index is 13.0. The maximum Gasteiger partial charge on any atom is 0.417 e. The molecule has 0 fully saturated rings. The summed E-state index contributed by atoms with van der Waals surface area (Å²) in [6, 6.07) is 10.2. The van der Waals surface area contributed by atoms with E-state index < -0.39 is 11.7 Å². The average molecular weight is 267 g/mol. The fraction of sp³-hybridized carbons (Fsp3) is 0.143. The molecule has 2 N–H and O–H groups in total. The minimum Gasteiger partial charge on any atom is -0.497 e. The summed E-state index contributed by atoms with van der Waals surface area (Å²) in [5.74, 6) is 0.480. The van der Waals surface area contributed by atoms with Gasteiger partial charge in [-0.05, 0) is 29.8 Å². The lowest BCUT2D eigenvalue weighted by molar-refractivity contribution is -0.137. The molecule has 0 aromatic heterocycles. The predicted molar refractivity (Wildman–Crippen MR) is 67.8 cm³/mol. The Labute approximate surface area is 108 Å². The molecular weight excluding hydrogens is 255 g/mol. The highest BCUT2D eigenvalue weighted by molar-refractivity contribution is 5.80. The minimum absolute atomic E-state index is 0.0195. The van der Waals surface area contributed by atoms with Crippen molar-refractivity contribution in [3.8, 4) is 16.9 Å². The van der Waals surface area contributed by atoms with Gasteiger partial charge in [-0.2, -0.15) is 13.2 Å². The van der Waals surface area contributed by atoms with E-state index in [-0.39, 0.29) is 11.3 Å². The molecule has 0 aliphatic heterocycles. The third kappa shape index (κ3) is 2.65. The fourth-order valence-corrected chi connectivity index (χ4v) is 1.91. The lowest BCUT2D eigenvalue weighted by Crippen LogP contribution is -2.08. The van der Waals surface area contributed by atoms with E-state index >= 15 is 0 Å². The summed E-state index contributed by atoms with van der Waals surface area (Å²) in [4.78, 5) is 0. The van der Waals surface area contributed by atoms with E-state index in [9.17, 15) is 13.2 Å². The molecule has 0 heterocycles. The SMILES string of the molecule is COc1cccc(-c2c(N)cccc2C(F)(F)F)c1. The van der Waals surface area contributed by atoms with E-state index in [1.807, 2.05) is 0 Å². The molecule has 0 unspecified atom stereocenters. The maximum atomic E-state index is 13.0. The van der Waals surface area contributed by atoms with Gasteiger partial charge >= 0.3 is 6.18 Å². The largest absolute Gasteiger partial charge is 0.497 e. The molecule has 2 aromatic rings. The van der Waals surface area contributed by atoms with Gasteiger partial charge in [-0.3, -0.25) is 0 Å². The second-order valence-corrected chi connectivity index (χ2v) is 4.00. The van der Waals surface area contributed by atoms with Gasteiger partial charge in [0.05, 0.1) is 12.7 Å².